The Morgan fingerprint density at radius 2 is 1.97 bits per heavy atom. The Labute approximate surface area is 200 Å². The van der Waals surface area contributed by atoms with Crippen molar-refractivity contribution in [3.63, 3.8) is 0 Å². The number of piperidine rings is 2. The second-order valence-electron chi connectivity index (χ2n) is 10.7. The van der Waals surface area contributed by atoms with Crippen molar-refractivity contribution < 1.29 is 19.1 Å². The first-order chi connectivity index (χ1) is 16.0. The van der Waals surface area contributed by atoms with Crippen molar-refractivity contribution >= 4 is 34.5 Å². The van der Waals surface area contributed by atoms with E-state index in [-0.39, 0.29) is 17.9 Å². The number of aromatic nitrogens is 2. The lowest BCUT2D eigenvalue weighted by Gasteiger charge is -2.33. The van der Waals surface area contributed by atoms with E-state index in [0.717, 1.165) is 36.0 Å². The van der Waals surface area contributed by atoms with E-state index in [2.05, 4.69) is 10.6 Å². The molecule has 0 saturated carbocycles. The van der Waals surface area contributed by atoms with Crippen LogP contribution in [0, 0.1) is 5.92 Å². The van der Waals surface area contributed by atoms with Gasteiger partial charge in [0.25, 0.3) is 0 Å². The lowest BCUT2D eigenvalue weighted by molar-refractivity contribution is -0.137. The van der Waals surface area contributed by atoms with Crippen molar-refractivity contribution in [2.75, 3.05) is 25.0 Å². The molecule has 3 amide bonds. The van der Waals surface area contributed by atoms with E-state index < -0.39 is 11.0 Å². The molecule has 0 radical (unpaired) electrons. The predicted molar refractivity (Wildman–Crippen MR) is 129 cm³/mol. The molecule has 1 aromatic carbocycles. The average Bonchev–Trinajstić information content (AvgIpc) is 3.12. The van der Waals surface area contributed by atoms with E-state index in [9.17, 15) is 14.4 Å². The van der Waals surface area contributed by atoms with Crippen LogP contribution in [0.4, 0.5) is 10.5 Å². The number of imide groups is 1. The summed E-state index contributed by atoms with van der Waals surface area (Å²) in [7, 11) is 1.88. The zero-order chi connectivity index (χ0) is 24.7. The molecule has 3 heterocycles. The third-order valence-electron chi connectivity index (χ3n) is 6.84. The van der Waals surface area contributed by atoms with Crippen LogP contribution >= 0.6 is 0 Å². The van der Waals surface area contributed by atoms with Gasteiger partial charge in [0.15, 0.2) is 0 Å². The van der Waals surface area contributed by atoms with E-state index in [4.69, 9.17) is 9.84 Å². The van der Waals surface area contributed by atoms with Crippen molar-refractivity contribution in [1.29, 1.82) is 0 Å². The number of aryl methyl sites for hydroxylation is 1. The van der Waals surface area contributed by atoms with Gasteiger partial charge in [0.1, 0.15) is 5.60 Å². The Kier molecular flexibility index (Phi) is 6.31. The largest absolute Gasteiger partial charge is 0.444 e. The molecule has 2 fully saturated rings. The topological polar surface area (TPSA) is 106 Å². The van der Waals surface area contributed by atoms with E-state index in [0.29, 0.717) is 37.5 Å². The number of hydrogen-bond donors (Lipinski definition) is 2. The highest BCUT2D eigenvalue weighted by Crippen LogP contribution is 2.37. The molecule has 2 aromatic rings. The van der Waals surface area contributed by atoms with Gasteiger partial charge in [0, 0.05) is 38.5 Å². The highest BCUT2D eigenvalue weighted by atomic mass is 16.6. The molecule has 9 nitrogen and oxygen atoms in total. The molecule has 9 heteroatoms. The molecule has 184 valence electrons. The van der Waals surface area contributed by atoms with E-state index >= 15 is 0 Å². The summed E-state index contributed by atoms with van der Waals surface area (Å²) < 4.78 is 7.30. The van der Waals surface area contributed by atoms with Gasteiger partial charge in [0.2, 0.25) is 11.8 Å². The molecule has 0 unspecified atom stereocenters. The number of anilines is 1. The Hall–Kier alpha value is -3.10. The Morgan fingerprint density at radius 1 is 1.26 bits per heavy atom. The minimum absolute atomic E-state index is 0.234. The van der Waals surface area contributed by atoms with E-state index in [1.54, 1.807) is 4.90 Å². The summed E-state index contributed by atoms with van der Waals surface area (Å²) in [5.74, 6) is -0.0871. The van der Waals surface area contributed by atoms with Crippen molar-refractivity contribution in [2.24, 2.45) is 13.0 Å². The fourth-order valence-corrected chi connectivity index (χ4v) is 4.82. The highest BCUT2D eigenvalue weighted by Gasteiger charge is 2.43. The first-order valence-electron chi connectivity index (χ1n) is 12.0. The number of carbonyl (C=O) groups is 3. The van der Waals surface area contributed by atoms with Crippen LogP contribution in [-0.4, -0.2) is 57.8 Å². The van der Waals surface area contributed by atoms with Gasteiger partial charge < -0.3 is 15.0 Å². The molecule has 34 heavy (non-hydrogen) atoms. The van der Waals surface area contributed by atoms with Gasteiger partial charge in [-0.05, 0) is 58.9 Å². The zero-order valence-corrected chi connectivity index (χ0v) is 20.7. The smallest absolute Gasteiger partial charge is 0.410 e. The summed E-state index contributed by atoms with van der Waals surface area (Å²) in [4.78, 5) is 38.5. The van der Waals surface area contributed by atoms with Crippen LogP contribution in [0.25, 0.3) is 10.9 Å². The summed E-state index contributed by atoms with van der Waals surface area (Å²) in [5.41, 5.74) is 1.27. The number of amides is 3. The van der Waals surface area contributed by atoms with Crippen LogP contribution in [0.15, 0.2) is 18.2 Å². The lowest BCUT2D eigenvalue weighted by atomic mass is 9.77. The van der Waals surface area contributed by atoms with Gasteiger partial charge in [-0.15, -0.1) is 0 Å². The summed E-state index contributed by atoms with van der Waals surface area (Å²) >= 11 is 0. The molecular formula is C25H35N5O4. The summed E-state index contributed by atoms with van der Waals surface area (Å²) in [6, 6.07) is 5.98. The molecule has 2 aliphatic rings. The maximum atomic E-state index is 12.7. The number of nitrogens with zero attached hydrogens (tertiary/aromatic N) is 3. The molecule has 1 atom stereocenters. The van der Waals surface area contributed by atoms with Crippen molar-refractivity contribution in [3.8, 4) is 0 Å². The number of carbonyl (C=O) groups excluding carboxylic acids is 3. The number of nitrogens with one attached hydrogen (secondary N) is 2. The van der Waals surface area contributed by atoms with Crippen LogP contribution in [0.2, 0.25) is 0 Å². The number of para-hydroxylation sites is 1. The fraction of sp³-hybridized carbons (Fsp3) is 0.600. The number of fused-ring (bicyclic) bond motifs is 1. The molecular weight excluding hydrogens is 434 g/mol. The predicted octanol–water partition coefficient (Wildman–Crippen LogP) is 3.33. The van der Waals surface area contributed by atoms with Crippen molar-refractivity contribution in [2.45, 2.75) is 64.4 Å². The number of hydrogen-bond acceptors (Lipinski definition) is 6. The van der Waals surface area contributed by atoms with Crippen molar-refractivity contribution in [1.82, 2.24) is 20.0 Å². The third-order valence-corrected chi connectivity index (χ3v) is 6.84. The number of rotatable bonds is 4. The van der Waals surface area contributed by atoms with Gasteiger partial charge in [-0.25, -0.2) is 4.79 Å². The first kappa shape index (κ1) is 24.0. The SMILES string of the molecule is Cn1nc([C@@]2(C)CCC(=O)NC2=O)c2cccc(NCC3CCN(C(=O)OC(C)(C)C)CC3)c21. The Bertz CT molecular complexity index is 1110. The quantitative estimate of drug-likeness (QED) is 0.666. The summed E-state index contributed by atoms with van der Waals surface area (Å²) in [6.45, 7) is 9.66. The lowest BCUT2D eigenvalue weighted by Crippen LogP contribution is -2.50. The molecule has 2 N–H and O–H groups in total. The molecule has 0 spiro atoms. The first-order valence-corrected chi connectivity index (χ1v) is 12.0. The van der Waals surface area contributed by atoms with Gasteiger partial charge >= 0.3 is 6.09 Å². The fourth-order valence-electron chi connectivity index (χ4n) is 4.82. The van der Waals surface area contributed by atoms with Crippen LogP contribution in [0.5, 0.6) is 0 Å². The minimum atomic E-state index is -0.847. The van der Waals surface area contributed by atoms with Gasteiger partial charge in [-0.1, -0.05) is 12.1 Å². The zero-order valence-electron chi connectivity index (χ0n) is 20.7. The number of likely N-dealkylation sites (tertiary alicyclic amines) is 1. The Morgan fingerprint density at radius 3 is 2.62 bits per heavy atom. The van der Waals surface area contributed by atoms with Gasteiger partial charge in [0.05, 0.1) is 22.3 Å². The monoisotopic (exact) mass is 469 g/mol. The van der Waals surface area contributed by atoms with Crippen LogP contribution in [-0.2, 0) is 26.8 Å². The normalized spacial score (nSPS) is 22.1. The third kappa shape index (κ3) is 4.74. The molecule has 0 aliphatic carbocycles. The second kappa shape index (κ2) is 8.92. The van der Waals surface area contributed by atoms with Gasteiger partial charge in [-0.3, -0.25) is 19.6 Å². The Balaban J connectivity index is 1.45. The van der Waals surface area contributed by atoms with E-state index in [1.807, 2.05) is 57.6 Å². The molecule has 1 aromatic heterocycles. The molecule has 2 saturated heterocycles. The summed E-state index contributed by atoms with van der Waals surface area (Å²) in [5, 5.41) is 11.7. The highest BCUT2D eigenvalue weighted by molar-refractivity contribution is 6.05. The summed E-state index contributed by atoms with van der Waals surface area (Å²) in [6.07, 6.45) is 2.32. The van der Waals surface area contributed by atoms with Crippen LogP contribution in [0.3, 0.4) is 0 Å². The van der Waals surface area contributed by atoms with Crippen LogP contribution < -0.4 is 10.6 Å². The molecule has 2 aliphatic heterocycles. The second-order valence-corrected chi connectivity index (χ2v) is 10.7. The van der Waals surface area contributed by atoms with Gasteiger partial charge in [-0.2, -0.15) is 5.10 Å². The standard InChI is InChI=1S/C25H35N5O4/c1-24(2,3)34-23(33)30-13-10-16(11-14-30)15-26-18-8-6-7-17-20(18)29(5)28-21(17)25(4)12-9-19(31)27-22(25)32/h6-8,16,26H,9-15H2,1-5H3,(H,27,31,32)/t25-/m1/s1. The number of ether oxygens (including phenoxy) is 1. The maximum absolute atomic E-state index is 12.7. The van der Waals surface area contributed by atoms with Crippen molar-refractivity contribution in [3.05, 3.63) is 23.9 Å². The average molecular weight is 470 g/mol. The molecule has 4 rings (SSSR count). The maximum Gasteiger partial charge on any atom is 0.410 e. The van der Waals surface area contributed by atoms with Crippen LogP contribution in [0.1, 0.15) is 59.1 Å². The molecule has 0 bridgehead atoms. The van der Waals surface area contributed by atoms with E-state index in [1.165, 1.54) is 0 Å². The minimum Gasteiger partial charge on any atom is -0.444 e. The number of benzene rings is 1.